The highest BCUT2D eigenvalue weighted by Crippen LogP contribution is 2.37. The lowest BCUT2D eigenvalue weighted by molar-refractivity contribution is -0.139. The highest BCUT2D eigenvalue weighted by atomic mass is 35.5. The van der Waals surface area contributed by atoms with Gasteiger partial charge in [0.1, 0.15) is 5.75 Å². The van der Waals surface area contributed by atoms with Crippen molar-refractivity contribution < 1.29 is 14.3 Å². The number of morpholine rings is 1. The van der Waals surface area contributed by atoms with Crippen LogP contribution in [0, 0.1) is 19.3 Å². The van der Waals surface area contributed by atoms with Crippen LogP contribution in [0.25, 0.3) is 0 Å². The average molecular weight is 477 g/mol. The van der Waals surface area contributed by atoms with Gasteiger partial charge in [-0.05, 0) is 74.0 Å². The van der Waals surface area contributed by atoms with Gasteiger partial charge in [-0.3, -0.25) is 9.69 Å². The first kappa shape index (κ1) is 23.6. The number of carbonyl (C=O) groups excluding carboxylic acids is 1. The van der Waals surface area contributed by atoms with E-state index in [-0.39, 0.29) is 11.3 Å². The van der Waals surface area contributed by atoms with Crippen LogP contribution in [0.5, 0.6) is 5.75 Å². The molecular weight excluding hydrogens is 444 g/mol. The van der Waals surface area contributed by atoms with Gasteiger partial charge in [0.2, 0.25) is 5.91 Å². The van der Waals surface area contributed by atoms with Crippen molar-refractivity contribution in [3.8, 4) is 5.75 Å². The molecule has 0 spiro atoms. The fraction of sp³-hybridized carbons (Fsp3) is 0.560. The number of amides is 1. The molecule has 2 aromatic rings. The zero-order valence-electron chi connectivity index (χ0n) is 19.1. The molecule has 1 amide bonds. The molecule has 0 saturated carbocycles. The lowest BCUT2D eigenvalue weighted by Gasteiger charge is -2.43. The molecule has 3 heterocycles. The van der Waals surface area contributed by atoms with Gasteiger partial charge in [0, 0.05) is 47.9 Å². The van der Waals surface area contributed by atoms with Gasteiger partial charge in [-0.2, -0.15) is 0 Å². The van der Waals surface area contributed by atoms with Gasteiger partial charge in [0.25, 0.3) is 0 Å². The van der Waals surface area contributed by atoms with Crippen LogP contribution >= 0.6 is 22.9 Å². The molecule has 2 saturated heterocycles. The lowest BCUT2D eigenvalue weighted by Crippen LogP contribution is -2.50. The van der Waals surface area contributed by atoms with E-state index in [1.54, 1.807) is 0 Å². The Morgan fingerprint density at radius 3 is 2.72 bits per heavy atom. The second-order valence-corrected chi connectivity index (χ2v) is 10.6. The number of thiophene rings is 1. The van der Waals surface area contributed by atoms with E-state index < -0.39 is 0 Å². The van der Waals surface area contributed by atoms with E-state index >= 15 is 0 Å². The van der Waals surface area contributed by atoms with Crippen LogP contribution < -0.4 is 4.74 Å². The molecule has 1 atom stereocenters. The maximum Gasteiger partial charge on any atom is 0.223 e. The molecule has 2 fully saturated rings. The Balaban J connectivity index is 1.50. The fourth-order valence-electron chi connectivity index (χ4n) is 4.72. The van der Waals surface area contributed by atoms with E-state index in [2.05, 4.69) is 23.3 Å². The summed E-state index contributed by atoms with van der Waals surface area (Å²) in [6, 6.07) is 7.97. The molecule has 1 aromatic carbocycles. The number of ether oxygens (including phenoxy) is 2. The van der Waals surface area contributed by atoms with Gasteiger partial charge >= 0.3 is 0 Å². The van der Waals surface area contributed by atoms with Gasteiger partial charge in [0.15, 0.2) is 0 Å². The Morgan fingerprint density at radius 2 is 2.00 bits per heavy atom. The number of hydrogen-bond acceptors (Lipinski definition) is 5. The molecular formula is C25H33ClN2O3S. The third kappa shape index (κ3) is 5.84. The van der Waals surface area contributed by atoms with Crippen LogP contribution in [0.1, 0.15) is 35.3 Å². The lowest BCUT2D eigenvalue weighted by atomic mass is 9.77. The van der Waals surface area contributed by atoms with Gasteiger partial charge in [0.05, 0.1) is 19.8 Å². The Hall–Kier alpha value is -1.60. The highest BCUT2D eigenvalue weighted by Gasteiger charge is 2.40. The Bertz CT molecular complexity index is 928. The van der Waals surface area contributed by atoms with Crippen molar-refractivity contribution in [1.82, 2.24) is 9.80 Å². The molecule has 174 valence electrons. The summed E-state index contributed by atoms with van der Waals surface area (Å²) in [5.74, 6) is 1.04. The number of benzene rings is 1. The van der Waals surface area contributed by atoms with Gasteiger partial charge in [-0.25, -0.2) is 0 Å². The Morgan fingerprint density at radius 1 is 1.19 bits per heavy atom. The van der Waals surface area contributed by atoms with Gasteiger partial charge < -0.3 is 14.4 Å². The fourth-order valence-corrected chi connectivity index (χ4v) is 5.78. The number of piperidine rings is 1. The Kier molecular flexibility index (Phi) is 7.77. The number of hydrogen-bond donors (Lipinski definition) is 0. The number of aryl methyl sites for hydroxylation is 2. The van der Waals surface area contributed by atoms with Gasteiger partial charge in [-0.15, -0.1) is 11.3 Å². The van der Waals surface area contributed by atoms with Crippen molar-refractivity contribution in [2.45, 2.75) is 39.7 Å². The highest BCUT2D eigenvalue weighted by molar-refractivity contribution is 7.10. The number of rotatable bonds is 7. The average Bonchev–Trinajstić information content (AvgIpc) is 3.19. The maximum absolute atomic E-state index is 13.2. The van der Waals surface area contributed by atoms with E-state index in [4.69, 9.17) is 21.1 Å². The summed E-state index contributed by atoms with van der Waals surface area (Å²) in [5, 5.41) is 2.90. The quantitative estimate of drug-likeness (QED) is 0.568. The first-order chi connectivity index (χ1) is 15.4. The van der Waals surface area contributed by atoms with Gasteiger partial charge in [-0.1, -0.05) is 11.6 Å². The third-order valence-electron chi connectivity index (χ3n) is 6.64. The van der Waals surface area contributed by atoms with E-state index in [1.807, 2.05) is 41.4 Å². The molecule has 2 aliphatic heterocycles. The standard InChI is InChI=1S/C25H33ClN2O3S/c1-19-6-13-32-23(19)16-27-8-3-7-25(17-27,15-24(29)28-9-11-30-12-10-28)18-31-21-4-5-22(26)20(2)14-21/h4-6,13-14H,3,7-12,15-18H2,1-2H3/t25-/m1/s1. The molecule has 0 N–H and O–H groups in total. The second-order valence-electron chi connectivity index (χ2n) is 9.21. The summed E-state index contributed by atoms with van der Waals surface area (Å²) in [5.41, 5.74) is 2.15. The SMILES string of the molecule is Cc1cc(OC[C@@]2(CC(=O)N3CCOCC3)CCCN(Cc3sccc3C)C2)ccc1Cl. The normalized spacial score (nSPS) is 22.2. The van der Waals surface area contributed by atoms with Crippen molar-refractivity contribution in [1.29, 1.82) is 0 Å². The second kappa shape index (κ2) is 10.6. The first-order valence-electron chi connectivity index (χ1n) is 11.4. The molecule has 32 heavy (non-hydrogen) atoms. The minimum Gasteiger partial charge on any atom is -0.493 e. The van der Waals surface area contributed by atoms with Crippen LogP contribution in [0.4, 0.5) is 0 Å². The van der Waals surface area contributed by atoms with E-state index in [1.165, 1.54) is 10.4 Å². The number of carbonyl (C=O) groups is 1. The molecule has 0 radical (unpaired) electrons. The summed E-state index contributed by atoms with van der Waals surface area (Å²) >= 11 is 8.01. The van der Waals surface area contributed by atoms with Crippen molar-refractivity contribution in [2.24, 2.45) is 5.41 Å². The molecule has 0 unspecified atom stereocenters. The molecule has 1 aromatic heterocycles. The van der Waals surface area contributed by atoms with Crippen LogP contribution in [0.15, 0.2) is 29.6 Å². The van der Waals surface area contributed by atoms with Crippen LogP contribution in [0.2, 0.25) is 5.02 Å². The minimum atomic E-state index is -0.202. The molecule has 0 bridgehead atoms. The topological polar surface area (TPSA) is 42.0 Å². The zero-order chi connectivity index (χ0) is 22.6. The minimum absolute atomic E-state index is 0.202. The Labute approximate surface area is 200 Å². The molecule has 7 heteroatoms. The van der Waals surface area contributed by atoms with E-state index in [0.29, 0.717) is 39.3 Å². The van der Waals surface area contributed by atoms with Crippen LogP contribution in [-0.2, 0) is 16.1 Å². The van der Waals surface area contributed by atoms with Crippen molar-refractivity contribution in [2.75, 3.05) is 46.0 Å². The largest absolute Gasteiger partial charge is 0.493 e. The smallest absolute Gasteiger partial charge is 0.223 e. The van der Waals surface area contributed by atoms with Crippen molar-refractivity contribution in [3.05, 3.63) is 50.7 Å². The third-order valence-corrected chi connectivity index (χ3v) is 8.07. The van der Waals surface area contributed by atoms with E-state index in [9.17, 15) is 4.79 Å². The number of likely N-dealkylation sites (tertiary alicyclic amines) is 1. The zero-order valence-corrected chi connectivity index (χ0v) is 20.6. The monoisotopic (exact) mass is 476 g/mol. The summed E-state index contributed by atoms with van der Waals surface area (Å²) in [4.78, 5) is 19.1. The summed E-state index contributed by atoms with van der Waals surface area (Å²) in [6.45, 7) is 10.2. The number of nitrogens with zero attached hydrogens (tertiary/aromatic N) is 2. The molecule has 2 aliphatic rings. The van der Waals surface area contributed by atoms with Crippen LogP contribution in [-0.4, -0.2) is 61.7 Å². The van der Waals surface area contributed by atoms with E-state index in [0.717, 1.165) is 48.8 Å². The van der Waals surface area contributed by atoms with Crippen molar-refractivity contribution in [3.63, 3.8) is 0 Å². The molecule has 5 nitrogen and oxygen atoms in total. The molecule has 4 rings (SSSR count). The summed E-state index contributed by atoms with van der Waals surface area (Å²) < 4.78 is 11.7. The molecule has 0 aliphatic carbocycles. The first-order valence-corrected chi connectivity index (χ1v) is 12.7. The summed E-state index contributed by atoms with van der Waals surface area (Å²) in [7, 11) is 0. The predicted octanol–water partition coefficient (Wildman–Crippen LogP) is 4.93. The number of halogens is 1. The predicted molar refractivity (Wildman–Crippen MR) is 130 cm³/mol. The summed E-state index contributed by atoms with van der Waals surface area (Å²) in [6.07, 6.45) is 2.58. The van der Waals surface area contributed by atoms with Crippen molar-refractivity contribution >= 4 is 28.8 Å². The van der Waals surface area contributed by atoms with Crippen LogP contribution in [0.3, 0.4) is 0 Å². The maximum atomic E-state index is 13.2.